The SMILES string of the molecule is Fc1cc(F)c(F)c(Br)c1F. The third-order valence-electron chi connectivity index (χ3n) is 1.06. The molecule has 0 aliphatic heterocycles. The first kappa shape index (κ1) is 8.52. The van der Waals surface area contributed by atoms with Gasteiger partial charge < -0.3 is 0 Å². The van der Waals surface area contributed by atoms with Crippen molar-refractivity contribution in [3.63, 3.8) is 0 Å². The average Bonchev–Trinajstić information content (AvgIpc) is 1.97. The Kier molecular flexibility index (Phi) is 2.17. The van der Waals surface area contributed by atoms with Gasteiger partial charge in [-0.15, -0.1) is 0 Å². The molecule has 0 nitrogen and oxygen atoms in total. The minimum absolute atomic E-state index is 0.148. The van der Waals surface area contributed by atoms with E-state index in [1.165, 1.54) is 0 Å². The van der Waals surface area contributed by atoms with Crippen LogP contribution in [0.5, 0.6) is 0 Å². The van der Waals surface area contributed by atoms with E-state index in [2.05, 4.69) is 15.9 Å². The smallest absolute Gasteiger partial charge is 0.176 e. The Morgan fingerprint density at radius 3 is 1.64 bits per heavy atom. The maximum absolute atomic E-state index is 12.3. The summed E-state index contributed by atoms with van der Waals surface area (Å²) in [6.45, 7) is 0. The Hall–Kier alpha value is -0.580. The Bertz CT molecular complexity index is 271. The molecule has 0 unspecified atom stereocenters. The van der Waals surface area contributed by atoms with Crippen molar-refractivity contribution in [2.24, 2.45) is 0 Å². The van der Waals surface area contributed by atoms with Crippen molar-refractivity contribution >= 4 is 15.9 Å². The summed E-state index contributed by atoms with van der Waals surface area (Å²) in [7, 11) is 0. The third-order valence-corrected chi connectivity index (χ3v) is 1.75. The average molecular weight is 229 g/mol. The highest BCUT2D eigenvalue weighted by Crippen LogP contribution is 2.23. The van der Waals surface area contributed by atoms with Crippen LogP contribution in [0.1, 0.15) is 0 Å². The molecule has 1 rings (SSSR count). The van der Waals surface area contributed by atoms with Crippen LogP contribution in [0.15, 0.2) is 10.5 Å². The lowest BCUT2D eigenvalue weighted by atomic mass is 10.3. The predicted molar refractivity (Wildman–Crippen MR) is 34.0 cm³/mol. The van der Waals surface area contributed by atoms with Gasteiger partial charge in [-0.3, -0.25) is 0 Å². The zero-order valence-electron chi connectivity index (χ0n) is 4.97. The summed E-state index contributed by atoms with van der Waals surface area (Å²) >= 11 is 2.35. The number of rotatable bonds is 0. The standard InChI is InChI=1S/C6HBrF4/c7-4-5(10)2(8)1-3(9)6(4)11/h1H. The van der Waals surface area contributed by atoms with E-state index >= 15 is 0 Å². The van der Waals surface area contributed by atoms with Gasteiger partial charge in [0.15, 0.2) is 23.3 Å². The highest BCUT2D eigenvalue weighted by atomic mass is 79.9. The van der Waals surface area contributed by atoms with Gasteiger partial charge in [-0.05, 0) is 15.9 Å². The van der Waals surface area contributed by atoms with Gasteiger partial charge in [0.2, 0.25) is 0 Å². The van der Waals surface area contributed by atoms with Crippen LogP contribution in [0.3, 0.4) is 0 Å². The summed E-state index contributed by atoms with van der Waals surface area (Å²) in [6.07, 6.45) is 0. The molecule has 0 saturated heterocycles. The molecule has 0 amide bonds. The lowest BCUT2D eigenvalue weighted by molar-refractivity contribution is 0.446. The van der Waals surface area contributed by atoms with Crippen LogP contribution >= 0.6 is 15.9 Å². The first-order valence-corrected chi connectivity index (χ1v) is 3.32. The van der Waals surface area contributed by atoms with Crippen LogP contribution in [0.25, 0.3) is 0 Å². The lowest BCUT2D eigenvalue weighted by Crippen LogP contribution is -1.94. The summed E-state index contributed by atoms with van der Waals surface area (Å²) in [5.41, 5.74) is 0. The zero-order chi connectivity index (χ0) is 8.59. The topological polar surface area (TPSA) is 0 Å². The molecule has 5 heteroatoms. The van der Waals surface area contributed by atoms with Gasteiger partial charge in [-0.25, -0.2) is 17.6 Å². The van der Waals surface area contributed by atoms with Gasteiger partial charge in [-0.2, -0.15) is 0 Å². The van der Waals surface area contributed by atoms with E-state index in [1.54, 1.807) is 0 Å². The molecule has 0 aliphatic carbocycles. The van der Waals surface area contributed by atoms with E-state index in [0.717, 1.165) is 0 Å². The second kappa shape index (κ2) is 2.81. The molecule has 11 heavy (non-hydrogen) atoms. The minimum atomic E-state index is -1.43. The normalized spacial score (nSPS) is 10.3. The second-order valence-corrected chi connectivity index (χ2v) is 2.58. The maximum atomic E-state index is 12.3. The fourth-order valence-electron chi connectivity index (χ4n) is 0.544. The highest BCUT2D eigenvalue weighted by Gasteiger charge is 2.15. The Balaban J connectivity index is 3.46. The van der Waals surface area contributed by atoms with E-state index in [0.29, 0.717) is 0 Å². The summed E-state index contributed by atoms with van der Waals surface area (Å²) in [5, 5.41) is 0. The maximum Gasteiger partial charge on any atom is 0.176 e. The largest absolute Gasteiger partial charge is 0.204 e. The number of halogens is 5. The van der Waals surface area contributed by atoms with Crippen molar-refractivity contribution in [1.29, 1.82) is 0 Å². The monoisotopic (exact) mass is 228 g/mol. The van der Waals surface area contributed by atoms with E-state index in [-0.39, 0.29) is 6.07 Å². The van der Waals surface area contributed by atoms with E-state index in [4.69, 9.17) is 0 Å². The molecule has 0 radical (unpaired) electrons. The molecule has 1 aromatic rings. The summed E-state index contributed by atoms with van der Waals surface area (Å²) in [5.74, 6) is -5.70. The van der Waals surface area contributed by atoms with Crippen molar-refractivity contribution < 1.29 is 17.6 Å². The zero-order valence-corrected chi connectivity index (χ0v) is 6.55. The second-order valence-electron chi connectivity index (χ2n) is 1.78. The predicted octanol–water partition coefficient (Wildman–Crippen LogP) is 3.01. The molecule has 0 aliphatic rings. The summed E-state index contributed by atoms with van der Waals surface area (Å²) < 4.78 is 48.3. The highest BCUT2D eigenvalue weighted by molar-refractivity contribution is 9.10. The quantitative estimate of drug-likeness (QED) is 0.364. The molecule has 0 aromatic heterocycles. The van der Waals surface area contributed by atoms with Crippen molar-refractivity contribution in [1.82, 2.24) is 0 Å². The number of hydrogen-bond acceptors (Lipinski definition) is 0. The van der Waals surface area contributed by atoms with Crippen molar-refractivity contribution in [2.45, 2.75) is 0 Å². The fraction of sp³-hybridized carbons (Fsp3) is 0. The van der Waals surface area contributed by atoms with Gasteiger partial charge >= 0.3 is 0 Å². The van der Waals surface area contributed by atoms with Gasteiger partial charge in [-0.1, -0.05) is 0 Å². The molecule has 0 bridgehead atoms. The van der Waals surface area contributed by atoms with Gasteiger partial charge in [0, 0.05) is 6.07 Å². The summed E-state index contributed by atoms with van der Waals surface area (Å²) in [6, 6.07) is 0.148. The minimum Gasteiger partial charge on any atom is -0.204 e. The molecule has 60 valence electrons. The Labute approximate surface area is 68.0 Å². The third kappa shape index (κ3) is 1.38. The van der Waals surface area contributed by atoms with Gasteiger partial charge in [0.05, 0.1) is 4.47 Å². The molecule has 0 saturated carbocycles. The molecule has 1 aromatic carbocycles. The summed E-state index contributed by atoms with van der Waals surface area (Å²) in [4.78, 5) is 0. The number of benzene rings is 1. The molecular formula is C6HBrF4. The van der Waals surface area contributed by atoms with Gasteiger partial charge in [0.25, 0.3) is 0 Å². The van der Waals surface area contributed by atoms with Crippen LogP contribution in [0.4, 0.5) is 17.6 Å². The Morgan fingerprint density at radius 1 is 0.909 bits per heavy atom. The number of hydrogen-bond donors (Lipinski definition) is 0. The van der Waals surface area contributed by atoms with Crippen LogP contribution in [0.2, 0.25) is 0 Å². The van der Waals surface area contributed by atoms with Crippen LogP contribution < -0.4 is 0 Å². The lowest BCUT2D eigenvalue weighted by Gasteiger charge is -1.98. The van der Waals surface area contributed by atoms with Crippen LogP contribution in [-0.4, -0.2) is 0 Å². The van der Waals surface area contributed by atoms with Gasteiger partial charge in [0.1, 0.15) is 0 Å². The first-order valence-electron chi connectivity index (χ1n) is 2.52. The van der Waals surface area contributed by atoms with E-state index in [1.807, 2.05) is 0 Å². The van der Waals surface area contributed by atoms with E-state index in [9.17, 15) is 17.6 Å². The molecule has 0 fully saturated rings. The van der Waals surface area contributed by atoms with E-state index < -0.39 is 27.7 Å². The van der Waals surface area contributed by atoms with Crippen molar-refractivity contribution in [3.05, 3.63) is 33.8 Å². The molecule has 0 N–H and O–H groups in total. The van der Waals surface area contributed by atoms with Crippen LogP contribution in [0, 0.1) is 23.3 Å². The van der Waals surface area contributed by atoms with Crippen LogP contribution in [-0.2, 0) is 0 Å². The molecule has 0 heterocycles. The van der Waals surface area contributed by atoms with Crippen molar-refractivity contribution in [3.8, 4) is 0 Å². The molecule has 0 atom stereocenters. The fourth-order valence-corrected chi connectivity index (χ4v) is 0.923. The first-order chi connectivity index (χ1) is 5.04. The molecule has 0 spiro atoms. The van der Waals surface area contributed by atoms with Crippen molar-refractivity contribution in [2.75, 3.05) is 0 Å². The Morgan fingerprint density at radius 2 is 1.27 bits per heavy atom. The molecular weight excluding hydrogens is 228 g/mol.